The lowest BCUT2D eigenvalue weighted by Crippen LogP contribution is -2.11. The molecule has 0 aliphatic heterocycles. The second kappa shape index (κ2) is 7.48. The molecule has 0 saturated heterocycles. The van der Waals surface area contributed by atoms with Crippen molar-refractivity contribution < 1.29 is 14.6 Å². The molecule has 1 amide bonds. The van der Waals surface area contributed by atoms with E-state index in [4.69, 9.17) is 9.84 Å². The fourth-order valence-electron chi connectivity index (χ4n) is 1.71. The van der Waals surface area contributed by atoms with E-state index in [2.05, 4.69) is 17.2 Å². The Kier molecular flexibility index (Phi) is 5.38. The van der Waals surface area contributed by atoms with Crippen LogP contribution in [0.4, 0.5) is 5.69 Å². The van der Waals surface area contributed by atoms with E-state index in [1.807, 2.05) is 17.5 Å². The fraction of sp³-hybridized carbons (Fsp3) is 0.188. The Balaban J connectivity index is 2.11. The van der Waals surface area contributed by atoms with Gasteiger partial charge < -0.3 is 15.2 Å². The van der Waals surface area contributed by atoms with Gasteiger partial charge in [0.05, 0.1) is 13.7 Å². The van der Waals surface area contributed by atoms with Gasteiger partial charge in [0.25, 0.3) is 5.91 Å². The number of hydrogen-bond acceptors (Lipinski definition) is 4. The zero-order valence-corrected chi connectivity index (χ0v) is 12.4. The summed E-state index contributed by atoms with van der Waals surface area (Å²) < 4.78 is 5.14. The highest BCUT2D eigenvalue weighted by Crippen LogP contribution is 2.25. The number of carbonyl (C=O) groups excluding carboxylic acids is 1. The zero-order valence-electron chi connectivity index (χ0n) is 11.6. The van der Waals surface area contributed by atoms with Crippen molar-refractivity contribution in [3.8, 4) is 17.6 Å². The number of thiophene rings is 1. The van der Waals surface area contributed by atoms with Gasteiger partial charge in [0.2, 0.25) is 0 Å². The topological polar surface area (TPSA) is 58.6 Å². The Morgan fingerprint density at radius 3 is 3.05 bits per heavy atom. The second-order valence-corrected chi connectivity index (χ2v) is 5.04. The minimum atomic E-state index is -0.206. The molecule has 5 heteroatoms. The van der Waals surface area contributed by atoms with Gasteiger partial charge in [0.1, 0.15) is 10.6 Å². The summed E-state index contributed by atoms with van der Waals surface area (Å²) >= 11 is 1.33. The smallest absolute Gasteiger partial charge is 0.269 e. The average Bonchev–Trinajstić information content (AvgIpc) is 2.96. The molecule has 0 bridgehead atoms. The van der Waals surface area contributed by atoms with Gasteiger partial charge in [0.15, 0.2) is 0 Å². The maximum absolute atomic E-state index is 12.2. The summed E-state index contributed by atoms with van der Waals surface area (Å²) in [6.45, 7) is 0.0433. The molecular weight excluding hydrogens is 286 g/mol. The van der Waals surface area contributed by atoms with E-state index in [-0.39, 0.29) is 12.5 Å². The summed E-state index contributed by atoms with van der Waals surface area (Å²) in [5.41, 5.74) is 1.46. The largest absolute Gasteiger partial charge is 0.495 e. The number of carbonyl (C=O) groups is 1. The number of methoxy groups -OCH3 is 1. The molecule has 0 saturated carbocycles. The molecule has 0 radical (unpaired) electrons. The summed E-state index contributed by atoms with van der Waals surface area (Å²) in [4.78, 5) is 12.7. The first-order valence-electron chi connectivity index (χ1n) is 6.37. The van der Waals surface area contributed by atoms with Crippen LogP contribution in [0.25, 0.3) is 0 Å². The van der Waals surface area contributed by atoms with Gasteiger partial charge >= 0.3 is 0 Å². The summed E-state index contributed by atoms with van der Waals surface area (Å²) in [6, 6.07) is 9.03. The molecule has 108 valence electrons. The minimum absolute atomic E-state index is 0.0433. The summed E-state index contributed by atoms with van der Waals surface area (Å²) in [6.07, 6.45) is 0.434. The third kappa shape index (κ3) is 4.09. The van der Waals surface area contributed by atoms with E-state index in [1.54, 1.807) is 18.2 Å². The van der Waals surface area contributed by atoms with Crippen LogP contribution in [0.1, 0.15) is 21.7 Å². The van der Waals surface area contributed by atoms with Crippen molar-refractivity contribution in [2.24, 2.45) is 0 Å². The van der Waals surface area contributed by atoms with Crippen molar-refractivity contribution in [1.82, 2.24) is 0 Å². The van der Waals surface area contributed by atoms with Crippen LogP contribution in [0.15, 0.2) is 35.7 Å². The van der Waals surface area contributed by atoms with Crippen molar-refractivity contribution in [3.05, 3.63) is 46.2 Å². The number of rotatable bonds is 4. The highest BCUT2D eigenvalue weighted by atomic mass is 32.1. The Morgan fingerprint density at radius 1 is 1.43 bits per heavy atom. The van der Waals surface area contributed by atoms with E-state index >= 15 is 0 Å². The lowest BCUT2D eigenvalue weighted by atomic mass is 10.2. The highest BCUT2D eigenvalue weighted by molar-refractivity contribution is 7.12. The van der Waals surface area contributed by atoms with Gasteiger partial charge in [-0.05, 0) is 29.6 Å². The van der Waals surface area contributed by atoms with Crippen LogP contribution in [0.5, 0.6) is 5.75 Å². The van der Waals surface area contributed by atoms with E-state index in [1.165, 1.54) is 18.4 Å². The van der Waals surface area contributed by atoms with Crippen LogP contribution in [0.2, 0.25) is 0 Å². The molecule has 2 N–H and O–H groups in total. The van der Waals surface area contributed by atoms with Crippen LogP contribution in [0, 0.1) is 11.8 Å². The van der Waals surface area contributed by atoms with Gasteiger partial charge in [-0.25, -0.2) is 0 Å². The van der Waals surface area contributed by atoms with E-state index in [0.717, 1.165) is 5.56 Å². The Morgan fingerprint density at radius 2 is 2.29 bits per heavy atom. The highest BCUT2D eigenvalue weighted by Gasteiger charge is 2.13. The van der Waals surface area contributed by atoms with Crippen LogP contribution < -0.4 is 10.1 Å². The van der Waals surface area contributed by atoms with Gasteiger partial charge in [-0.2, -0.15) is 0 Å². The normalized spacial score (nSPS) is 9.62. The van der Waals surface area contributed by atoms with Gasteiger partial charge in [-0.3, -0.25) is 4.79 Å². The monoisotopic (exact) mass is 301 g/mol. The Hall–Kier alpha value is -2.29. The number of ether oxygens (including phenoxy) is 1. The third-order valence-electron chi connectivity index (χ3n) is 2.65. The average molecular weight is 301 g/mol. The number of benzene rings is 1. The molecule has 0 aliphatic rings. The lowest BCUT2D eigenvalue weighted by Gasteiger charge is -2.05. The molecule has 1 heterocycles. The minimum Gasteiger partial charge on any atom is -0.495 e. The SMILES string of the molecule is COc1ccsc1C(=O)Nc1cccc(C#CCCO)c1. The molecule has 0 aliphatic carbocycles. The van der Waals surface area contributed by atoms with E-state index in [0.29, 0.717) is 22.7 Å². The Bertz CT molecular complexity index is 682. The maximum Gasteiger partial charge on any atom is 0.269 e. The molecule has 4 nitrogen and oxygen atoms in total. The first kappa shape index (κ1) is 15.1. The van der Waals surface area contributed by atoms with Crippen LogP contribution in [-0.2, 0) is 0 Å². The quantitative estimate of drug-likeness (QED) is 0.854. The number of amides is 1. The van der Waals surface area contributed by atoms with Gasteiger partial charge in [-0.1, -0.05) is 17.9 Å². The number of hydrogen-bond donors (Lipinski definition) is 2. The number of aliphatic hydroxyl groups is 1. The van der Waals surface area contributed by atoms with Crippen molar-refractivity contribution in [2.45, 2.75) is 6.42 Å². The summed E-state index contributed by atoms with van der Waals surface area (Å²) in [5.74, 6) is 6.14. The fourth-order valence-corrected chi connectivity index (χ4v) is 2.46. The number of nitrogens with one attached hydrogen (secondary N) is 1. The van der Waals surface area contributed by atoms with Crippen molar-refractivity contribution >= 4 is 22.9 Å². The van der Waals surface area contributed by atoms with Crippen molar-refractivity contribution in [3.63, 3.8) is 0 Å². The van der Waals surface area contributed by atoms with Crippen molar-refractivity contribution in [2.75, 3.05) is 19.0 Å². The Labute approximate surface area is 127 Å². The molecule has 21 heavy (non-hydrogen) atoms. The van der Waals surface area contributed by atoms with E-state index < -0.39 is 0 Å². The molecule has 0 atom stereocenters. The van der Waals surface area contributed by atoms with Gasteiger partial charge in [-0.15, -0.1) is 11.3 Å². The standard InChI is InChI=1S/C16H15NO3S/c1-20-14-8-10-21-15(14)16(19)17-13-7-4-6-12(11-13)5-2-3-9-18/h4,6-8,10-11,18H,3,9H2,1H3,(H,17,19). The first-order valence-corrected chi connectivity index (χ1v) is 7.25. The molecule has 2 aromatic rings. The number of aliphatic hydroxyl groups excluding tert-OH is 1. The molecular formula is C16H15NO3S. The molecule has 0 spiro atoms. The maximum atomic E-state index is 12.2. The van der Waals surface area contributed by atoms with Crippen LogP contribution >= 0.6 is 11.3 Å². The van der Waals surface area contributed by atoms with Crippen LogP contribution in [0.3, 0.4) is 0 Å². The first-order chi connectivity index (χ1) is 10.2. The predicted molar refractivity (Wildman–Crippen MR) is 83.8 cm³/mol. The van der Waals surface area contributed by atoms with Crippen molar-refractivity contribution in [1.29, 1.82) is 0 Å². The molecule has 0 unspecified atom stereocenters. The van der Waals surface area contributed by atoms with Gasteiger partial charge in [0, 0.05) is 17.7 Å². The number of anilines is 1. The zero-order chi connectivity index (χ0) is 15.1. The molecule has 0 fully saturated rings. The summed E-state index contributed by atoms with van der Waals surface area (Å²) in [7, 11) is 1.54. The predicted octanol–water partition coefficient (Wildman–Crippen LogP) is 2.74. The molecule has 2 rings (SSSR count). The summed E-state index contributed by atoms with van der Waals surface area (Å²) in [5, 5.41) is 13.3. The third-order valence-corrected chi connectivity index (χ3v) is 3.54. The van der Waals surface area contributed by atoms with E-state index in [9.17, 15) is 4.79 Å². The molecule has 1 aromatic carbocycles. The van der Waals surface area contributed by atoms with Crippen LogP contribution in [-0.4, -0.2) is 24.7 Å². The lowest BCUT2D eigenvalue weighted by molar-refractivity contribution is 0.102. The second-order valence-electron chi connectivity index (χ2n) is 4.13. The molecule has 1 aromatic heterocycles.